The predicted molar refractivity (Wildman–Crippen MR) is 105 cm³/mol. The van der Waals surface area contributed by atoms with Crippen LogP contribution in [-0.2, 0) is 17.9 Å². The molecule has 4 rings (SSSR count). The van der Waals surface area contributed by atoms with Gasteiger partial charge in [0.2, 0.25) is 5.91 Å². The fourth-order valence-electron chi connectivity index (χ4n) is 3.21. The second-order valence-electron chi connectivity index (χ2n) is 7.28. The molecule has 1 aromatic carbocycles. The quantitative estimate of drug-likeness (QED) is 0.611. The molecule has 0 spiro atoms. The Morgan fingerprint density at radius 3 is 2.69 bits per heavy atom. The van der Waals surface area contributed by atoms with Gasteiger partial charge in [-0.1, -0.05) is 41.4 Å². The van der Waals surface area contributed by atoms with Crippen LogP contribution in [0.4, 0.5) is 14.5 Å². The zero-order chi connectivity index (χ0) is 20.5. The van der Waals surface area contributed by atoms with E-state index in [9.17, 15) is 13.6 Å². The van der Waals surface area contributed by atoms with E-state index in [1.807, 2.05) is 31.2 Å². The van der Waals surface area contributed by atoms with Gasteiger partial charge in [0.15, 0.2) is 0 Å². The molecule has 0 atom stereocenters. The van der Waals surface area contributed by atoms with Crippen LogP contribution in [0.25, 0.3) is 0 Å². The van der Waals surface area contributed by atoms with Crippen molar-refractivity contribution in [3.8, 4) is 0 Å². The average molecular weight is 420 g/mol. The molecule has 0 radical (unpaired) electrons. The molecule has 29 heavy (non-hydrogen) atoms. The van der Waals surface area contributed by atoms with Crippen molar-refractivity contribution in [3.05, 3.63) is 64.2 Å². The highest BCUT2D eigenvalue weighted by Crippen LogP contribution is 2.45. The highest BCUT2D eigenvalue weighted by Gasteiger charge is 2.34. The van der Waals surface area contributed by atoms with Crippen LogP contribution >= 0.6 is 11.6 Å². The first-order valence-electron chi connectivity index (χ1n) is 9.33. The Labute approximate surface area is 171 Å². The summed E-state index contributed by atoms with van der Waals surface area (Å²) in [5, 5.41) is 10.8. The van der Waals surface area contributed by atoms with Crippen LogP contribution in [0.3, 0.4) is 0 Å². The maximum absolute atomic E-state index is 13.1. The minimum Gasteiger partial charge on any atom is -0.322 e. The van der Waals surface area contributed by atoms with Gasteiger partial charge in [0.1, 0.15) is 12.2 Å². The number of carbonyl (C=O) groups excluding carboxylic acids is 1. The van der Waals surface area contributed by atoms with Crippen molar-refractivity contribution in [2.45, 2.75) is 45.2 Å². The first kappa shape index (κ1) is 19.6. The molecule has 9 heteroatoms. The van der Waals surface area contributed by atoms with E-state index in [0.29, 0.717) is 17.9 Å². The fourth-order valence-corrected chi connectivity index (χ4v) is 3.58. The molecule has 0 unspecified atom stereocenters. The highest BCUT2D eigenvalue weighted by atomic mass is 35.5. The lowest BCUT2D eigenvalue weighted by molar-refractivity contribution is -0.117. The Morgan fingerprint density at radius 2 is 2.03 bits per heavy atom. The molecular weight excluding hydrogens is 400 g/mol. The summed E-state index contributed by atoms with van der Waals surface area (Å²) < 4.78 is 29.3. The third-order valence-electron chi connectivity index (χ3n) is 4.80. The van der Waals surface area contributed by atoms with Crippen molar-refractivity contribution >= 4 is 23.2 Å². The molecule has 1 N–H and O–H groups in total. The van der Waals surface area contributed by atoms with Crippen molar-refractivity contribution in [2.24, 2.45) is 0 Å². The van der Waals surface area contributed by atoms with E-state index in [-0.39, 0.29) is 23.4 Å². The lowest BCUT2D eigenvalue weighted by Crippen LogP contribution is -2.20. The first-order valence-corrected chi connectivity index (χ1v) is 9.70. The van der Waals surface area contributed by atoms with E-state index in [1.54, 1.807) is 17.1 Å². The topological polar surface area (TPSA) is 64.7 Å². The van der Waals surface area contributed by atoms with Crippen molar-refractivity contribution in [2.75, 3.05) is 5.32 Å². The lowest BCUT2D eigenvalue weighted by atomic mass is 10.1. The molecule has 1 aliphatic rings. The Morgan fingerprint density at radius 1 is 1.31 bits per heavy atom. The SMILES string of the molecule is Cc1ccc(Cn2cc(NC(=O)Cn3nc(C(F)F)c(Cl)c3C3CC3)cn2)cc1. The van der Waals surface area contributed by atoms with Crippen LogP contribution in [0.15, 0.2) is 36.7 Å². The van der Waals surface area contributed by atoms with Crippen molar-refractivity contribution < 1.29 is 13.6 Å². The molecule has 0 bridgehead atoms. The summed E-state index contributed by atoms with van der Waals surface area (Å²) >= 11 is 6.08. The Bertz CT molecular complexity index is 1020. The van der Waals surface area contributed by atoms with Crippen LogP contribution in [0.1, 0.15) is 47.7 Å². The van der Waals surface area contributed by atoms with E-state index in [4.69, 9.17) is 11.6 Å². The molecule has 1 aliphatic carbocycles. The van der Waals surface area contributed by atoms with Gasteiger partial charge in [-0.2, -0.15) is 10.2 Å². The van der Waals surface area contributed by atoms with Crippen LogP contribution in [0, 0.1) is 6.92 Å². The lowest BCUT2D eigenvalue weighted by Gasteiger charge is -2.07. The van der Waals surface area contributed by atoms with Gasteiger partial charge in [-0.25, -0.2) is 8.78 Å². The van der Waals surface area contributed by atoms with E-state index in [1.165, 1.54) is 10.2 Å². The first-order chi connectivity index (χ1) is 13.9. The van der Waals surface area contributed by atoms with Crippen LogP contribution in [-0.4, -0.2) is 25.5 Å². The van der Waals surface area contributed by atoms with Gasteiger partial charge >= 0.3 is 0 Å². The molecular formula is C20H20ClF2N5O. The number of benzene rings is 1. The zero-order valence-electron chi connectivity index (χ0n) is 15.8. The third kappa shape index (κ3) is 4.48. The summed E-state index contributed by atoms with van der Waals surface area (Å²) in [6.07, 6.45) is 2.22. The Hall–Kier alpha value is -2.74. The Balaban J connectivity index is 1.42. The highest BCUT2D eigenvalue weighted by molar-refractivity contribution is 6.32. The van der Waals surface area contributed by atoms with Crippen molar-refractivity contribution in [1.29, 1.82) is 0 Å². The van der Waals surface area contributed by atoms with Gasteiger partial charge in [0.05, 0.1) is 29.1 Å². The number of hydrogen-bond donors (Lipinski definition) is 1. The molecule has 0 aliphatic heterocycles. The fraction of sp³-hybridized carbons (Fsp3) is 0.350. The Kier molecular flexibility index (Phi) is 5.36. The van der Waals surface area contributed by atoms with Gasteiger partial charge in [-0.3, -0.25) is 14.2 Å². The number of rotatable bonds is 7. The van der Waals surface area contributed by atoms with Crippen molar-refractivity contribution in [1.82, 2.24) is 19.6 Å². The maximum Gasteiger partial charge on any atom is 0.283 e. The molecule has 6 nitrogen and oxygen atoms in total. The predicted octanol–water partition coefficient (Wildman–Crippen LogP) is 4.54. The van der Waals surface area contributed by atoms with E-state index < -0.39 is 12.1 Å². The summed E-state index contributed by atoms with van der Waals surface area (Å²) in [5.74, 6) is -0.283. The number of amides is 1. The summed E-state index contributed by atoms with van der Waals surface area (Å²) in [4.78, 5) is 12.4. The summed E-state index contributed by atoms with van der Waals surface area (Å²) in [6, 6.07) is 8.11. The van der Waals surface area contributed by atoms with Gasteiger partial charge in [-0.15, -0.1) is 0 Å². The summed E-state index contributed by atoms with van der Waals surface area (Å²) in [6.45, 7) is 2.42. The number of aryl methyl sites for hydroxylation is 1. The molecule has 0 saturated heterocycles. The number of aromatic nitrogens is 4. The molecule has 2 aromatic heterocycles. The maximum atomic E-state index is 13.1. The standard InChI is InChI=1S/C20H20ClF2N5O/c1-12-2-4-13(5-3-12)9-27-10-15(8-24-27)25-16(29)11-28-19(14-6-7-14)17(21)18(26-28)20(22)23/h2-5,8,10,14,20H,6-7,9,11H2,1H3,(H,25,29). The molecule has 1 amide bonds. The second-order valence-corrected chi connectivity index (χ2v) is 7.66. The van der Waals surface area contributed by atoms with E-state index in [0.717, 1.165) is 18.4 Å². The summed E-state index contributed by atoms with van der Waals surface area (Å²) in [5.41, 5.74) is 2.86. The van der Waals surface area contributed by atoms with Gasteiger partial charge in [-0.05, 0) is 25.3 Å². The number of nitrogens with zero attached hydrogens (tertiary/aromatic N) is 4. The van der Waals surface area contributed by atoms with Gasteiger partial charge in [0, 0.05) is 12.1 Å². The average Bonchev–Trinajstić information content (AvgIpc) is 3.32. The largest absolute Gasteiger partial charge is 0.322 e. The van der Waals surface area contributed by atoms with Crippen molar-refractivity contribution in [3.63, 3.8) is 0 Å². The number of alkyl halides is 2. The van der Waals surface area contributed by atoms with Crippen LogP contribution < -0.4 is 5.32 Å². The van der Waals surface area contributed by atoms with E-state index >= 15 is 0 Å². The second kappa shape index (κ2) is 7.94. The van der Waals surface area contributed by atoms with E-state index in [2.05, 4.69) is 15.5 Å². The number of anilines is 1. The van der Waals surface area contributed by atoms with Gasteiger partial charge < -0.3 is 5.32 Å². The number of carbonyl (C=O) groups is 1. The number of nitrogens with one attached hydrogen (secondary N) is 1. The van der Waals surface area contributed by atoms with Crippen LogP contribution in [0.5, 0.6) is 0 Å². The molecule has 2 heterocycles. The summed E-state index contributed by atoms with van der Waals surface area (Å²) in [7, 11) is 0. The number of halogens is 3. The monoisotopic (exact) mass is 419 g/mol. The molecule has 1 saturated carbocycles. The molecule has 3 aromatic rings. The minimum atomic E-state index is -2.77. The smallest absolute Gasteiger partial charge is 0.283 e. The number of hydrogen-bond acceptors (Lipinski definition) is 3. The normalized spacial score (nSPS) is 13.8. The third-order valence-corrected chi connectivity index (χ3v) is 5.19. The zero-order valence-corrected chi connectivity index (χ0v) is 16.5. The minimum absolute atomic E-state index is 0.0267. The molecule has 152 valence electrons. The van der Waals surface area contributed by atoms with Gasteiger partial charge in [0.25, 0.3) is 6.43 Å². The molecule has 1 fully saturated rings. The van der Waals surface area contributed by atoms with Crippen LogP contribution in [0.2, 0.25) is 5.02 Å².